The number of hydrogen-bond donors (Lipinski definition) is 1. The van der Waals surface area contributed by atoms with Crippen LogP contribution in [0.5, 0.6) is 5.75 Å². The number of hydrogen-bond acceptors (Lipinski definition) is 4. The van der Waals surface area contributed by atoms with Crippen molar-refractivity contribution < 1.29 is 9.47 Å². The van der Waals surface area contributed by atoms with Crippen molar-refractivity contribution in [2.45, 2.75) is 45.8 Å². The van der Waals surface area contributed by atoms with Crippen LogP contribution < -0.4 is 10.1 Å². The quantitative estimate of drug-likeness (QED) is 0.897. The van der Waals surface area contributed by atoms with Gasteiger partial charge < -0.3 is 14.8 Å². The highest BCUT2D eigenvalue weighted by molar-refractivity contribution is 5.41. The Hall–Kier alpha value is -1.13. The molecule has 0 aliphatic carbocycles. The van der Waals surface area contributed by atoms with Crippen LogP contribution in [0, 0.1) is 19.8 Å². The van der Waals surface area contributed by atoms with Gasteiger partial charge in [0.1, 0.15) is 5.75 Å². The Morgan fingerprint density at radius 2 is 2.25 bits per heavy atom. The molecule has 20 heavy (non-hydrogen) atoms. The van der Waals surface area contributed by atoms with Gasteiger partial charge in [0.2, 0.25) is 0 Å². The summed E-state index contributed by atoms with van der Waals surface area (Å²) < 4.78 is 11.2. The van der Waals surface area contributed by atoms with Gasteiger partial charge in [-0.15, -0.1) is 0 Å². The van der Waals surface area contributed by atoms with Gasteiger partial charge in [-0.05, 0) is 34.2 Å². The molecule has 1 aromatic heterocycles. The monoisotopic (exact) mass is 278 g/mol. The van der Waals surface area contributed by atoms with Gasteiger partial charge in [0, 0.05) is 48.0 Å². The number of likely N-dealkylation sites (N-methyl/N-ethyl adjacent to an activating group) is 1. The van der Waals surface area contributed by atoms with E-state index in [9.17, 15) is 0 Å². The molecule has 1 fully saturated rings. The molecule has 0 amide bonds. The van der Waals surface area contributed by atoms with Gasteiger partial charge >= 0.3 is 0 Å². The molecule has 3 atom stereocenters. The van der Waals surface area contributed by atoms with Gasteiger partial charge in [0.15, 0.2) is 0 Å². The summed E-state index contributed by atoms with van der Waals surface area (Å²) in [6, 6.07) is 0.395. The van der Waals surface area contributed by atoms with E-state index in [1.54, 1.807) is 7.11 Å². The van der Waals surface area contributed by atoms with E-state index < -0.39 is 0 Å². The average Bonchev–Trinajstić information content (AvgIpc) is 2.85. The first-order valence-electron chi connectivity index (χ1n) is 7.36. The molecule has 0 saturated carbocycles. The first kappa shape index (κ1) is 15.3. The van der Waals surface area contributed by atoms with E-state index in [-0.39, 0.29) is 0 Å². The highest BCUT2D eigenvalue weighted by Gasteiger charge is 2.31. The fourth-order valence-corrected chi connectivity index (χ4v) is 3.23. The minimum Gasteiger partial charge on any atom is -0.496 e. The molecule has 0 radical (unpaired) electrons. The van der Waals surface area contributed by atoms with E-state index in [4.69, 9.17) is 9.47 Å². The lowest BCUT2D eigenvalue weighted by atomic mass is 9.89. The summed E-state index contributed by atoms with van der Waals surface area (Å²) in [4.78, 5) is 4.61. The van der Waals surface area contributed by atoms with Gasteiger partial charge in [-0.2, -0.15) is 0 Å². The molecule has 4 heteroatoms. The number of aryl methyl sites for hydroxylation is 1. The average molecular weight is 278 g/mol. The number of aromatic nitrogens is 1. The summed E-state index contributed by atoms with van der Waals surface area (Å²) >= 11 is 0. The number of nitrogens with one attached hydrogen (secondary N) is 1. The minimum atomic E-state index is 0.320. The summed E-state index contributed by atoms with van der Waals surface area (Å²) in [6.45, 7) is 7.16. The lowest BCUT2D eigenvalue weighted by Crippen LogP contribution is -2.39. The van der Waals surface area contributed by atoms with Crippen LogP contribution in [-0.4, -0.2) is 37.9 Å². The highest BCUT2D eigenvalue weighted by atomic mass is 16.5. The zero-order chi connectivity index (χ0) is 14.7. The number of ether oxygens (including phenoxy) is 2. The maximum Gasteiger partial charge on any atom is 0.128 e. The number of methoxy groups -OCH3 is 1. The smallest absolute Gasteiger partial charge is 0.128 e. The van der Waals surface area contributed by atoms with Crippen molar-refractivity contribution in [2.24, 2.45) is 5.92 Å². The van der Waals surface area contributed by atoms with Crippen LogP contribution in [-0.2, 0) is 11.2 Å². The number of nitrogens with zero attached hydrogens (tertiary/aromatic N) is 1. The zero-order valence-electron chi connectivity index (χ0n) is 13.2. The molecule has 0 aromatic carbocycles. The predicted molar refractivity (Wildman–Crippen MR) is 80.3 cm³/mol. The first-order valence-corrected chi connectivity index (χ1v) is 7.36. The van der Waals surface area contributed by atoms with Crippen molar-refractivity contribution in [3.05, 3.63) is 23.0 Å². The second-order valence-electron chi connectivity index (χ2n) is 5.67. The van der Waals surface area contributed by atoms with Gasteiger partial charge in [-0.3, -0.25) is 4.98 Å². The third-order valence-electron chi connectivity index (χ3n) is 4.49. The fourth-order valence-electron chi connectivity index (χ4n) is 3.23. The third kappa shape index (κ3) is 2.96. The van der Waals surface area contributed by atoms with Crippen molar-refractivity contribution in [1.29, 1.82) is 0 Å². The van der Waals surface area contributed by atoms with Crippen LogP contribution in [0.25, 0.3) is 0 Å². The number of rotatable bonds is 5. The van der Waals surface area contributed by atoms with Crippen molar-refractivity contribution >= 4 is 0 Å². The zero-order valence-corrected chi connectivity index (χ0v) is 13.2. The van der Waals surface area contributed by atoms with Crippen LogP contribution in [0.4, 0.5) is 0 Å². The standard InChI is InChI=1S/C16H26N2O2/c1-10-9-18-14(11(2)16(10)19-5)8-15(17-4)13-6-7-20-12(13)3/h9,12-13,15,17H,6-8H2,1-5H3. The van der Waals surface area contributed by atoms with Gasteiger partial charge in [-0.25, -0.2) is 0 Å². The van der Waals surface area contributed by atoms with Gasteiger partial charge in [0.05, 0.1) is 13.2 Å². The lowest BCUT2D eigenvalue weighted by molar-refractivity contribution is 0.0961. The Bertz CT molecular complexity index is 462. The first-order chi connectivity index (χ1) is 9.58. The third-order valence-corrected chi connectivity index (χ3v) is 4.49. The fraction of sp³-hybridized carbons (Fsp3) is 0.688. The Labute approximate surface area is 121 Å². The Morgan fingerprint density at radius 3 is 2.80 bits per heavy atom. The topological polar surface area (TPSA) is 43.4 Å². The summed E-state index contributed by atoms with van der Waals surface area (Å²) in [7, 11) is 3.75. The van der Waals surface area contributed by atoms with Crippen molar-refractivity contribution in [2.75, 3.05) is 20.8 Å². The molecule has 1 aliphatic heterocycles. The molecule has 0 spiro atoms. The molecule has 3 unspecified atom stereocenters. The molecule has 1 N–H and O–H groups in total. The van der Waals surface area contributed by atoms with Crippen molar-refractivity contribution in [1.82, 2.24) is 10.3 Å². The van der Waals surface area contributed by atoms with E-state index in [0.29, 0.717) is 18.1 Å². The SMILES string of the molecule is CNC(Cc1ncc(C)c(OC)c1C)C1CCOC1C. The molecule has 112 valence electrons. The van der Waals surface area contributed by atoms with E-state index >= 15 is 0 Å². The molecule has 1 aromatic rings. The summed E-state index contributed by atoms with van der Waals surface area (Å²) in [6.07, 6.45) is 4.26. The van der Waals surface area contributed by atoms with E-state index in [1.165, 1.54) is 0 Å². The summed E-state index contributed by atoms with van der Waals surface area (Å²) in [5.74, 6) is 1.51. The second kappa shape index (κ2) is 6.55. The maximum absolute atomic E-state index is 5.70. The molecule has 1 aliphatic rings. The van der Waals surface area contributed by atoms with Gasteiger partial charge in [0.25, 0.3) is 0 Å². The normalized spacial score (nSPS) is 23.9. The summed E-state index contributed by atoms with van der Waals surface area (Å²) in [5.41, 5.74) is 3.36. The molecule has 2 rings (SSSR count). The van der Waals surface area contributed by atoms with Crippen LogP contribution in [0.15, 0.2) is 6.20 Å². The van der Waals surface area contributed by atoms with Crippen molar-refractivity contribution in [3.8, 4) is 5.75 Å². The molecule has 2 heterocycles. The van der Waals surface area contributed by atoms with Crippen LogP contribution >= 0.6 is 0 Å². The van der Waals surface area contributed by atoms with Gasteiger partial charge in [-0.1, -0.05) is 0 Å². The maximum atomic E-state index is 5.70. The molecule has 0 bridgehead atoms. The second-order valence-corrected chi connectivity index (χ2v) is 5.67. The Morgan fingerprint density at radius 1 is 1.50 bits per heavy atom. The largest absolute Gasteiger partial charge is 0.496 e. The highest BCUT2D eigenvalue weighted by Crippen LogP contribution is 2.29. The minimum absolute atomic E-state index is 0.320. The van der Waals surface area contributed by atoms with E-state index in [1.807, 2.05) is 20.2 Å². The van der Waals surface area contributed by atoms with Crippen molar-refractivity contribution in [3.63, 3.8) is 0 Å². The number of pyridine rings is 1. The Balaban J connectivity index is 2.19. The van der Waals surface area contributed by atoms with Crippen LogP contribution in [0.2, 0.25) is 0 Å². The molecular weight excluding hydrogens is 252 g/mol. The molecular formula is C16H26N2O2. The predicted octanol–water partition coefficient (Wildman–Crippen LogP) is 2.26. The molecule has 4 nitrogen and oxygen atoms in total. The van der Waals surface area contributed by atoms with E-state index in [2.05, 4.69) is 24.1 Å². The summed E-state index contributed by atoms with van der Waals surface area (Å²) in [5, 5.41) is 3.44. The molecule has 1 saturated heterocycles. The lowest BCUT2D eigenvalue weighted by Gasteiger charge is -2.26. The van der Waals surface area contributed by atoms with Crippen LogP contribution in [0.1, 0.15) is 30.2 Å². The van der Waals surface area contributed by atoms with E-state index in [0.717, 1.165) is 42.0 Å². The van der Waals surface area contributed by atoms with Crippen LogP contribution in [0.3, 0.4) is 0 Å². The Kier molecular flexibility index (Phi) is 5.00.